The number of nitrogens with one attached hydrogen (secondary N) is 1. The van der Waals surface area contributed by atoms with Crippen LogP contribution in [-0.2, 0) is 17.8 Å². The summed E-state index contributed by atoms with van der Waals surface area (Å²) >= 11 is 6.50. The third-order valence-corrected chi connectivity index (χ3v) is 6.33. The molecule has 5 rings (SSSR count). The molecule has 0 aliphatic carbocycles. The minimum atomic E-state index is 0.221. The molecule has 0 amide bonds. The van der Waals surface area contributed by atoms with E-state index in [9.17, 15) is 0 Å². The molecule has 1 N–H and O–H groups in total. The zero-order valence-electron chi connectivity index (χ0n) is 20.9. The quantitative estimate of drug-likeness (QED) is 0.306. The van der Waals surface area contributed by atoms with E-state index >= 15 is 0 Å². The van der Waals surface area contributed by atoms with Crippen LogP contribution >= 0.6 is 11.6 Å². The average molecular weight is 517 g/mol. The van der Waals surface area contributed by atoms with Crippen molar-refractivity contribution in [1.29, 1.82) is 0 Å². The summed E-state index contributed by atoms with van der Waals surface area (Å²) in [5.74, 6) is 2.07. The molecule has 2 aromatic carbocycles. The van der Waals surface area contributed by atoms with Crippen LogP contribution in [0.25, 0.3) is 10.9 Å². The van der Waals surface area contributed by atoms with E-state index in [0.717, 1.165) is 46.7 Å². The van der Waals surface area contributed by atoms with Crippen molar-refractivity contribution in [3.05, 3.63) is 83.4 Å². The van der Waals surface area contributed by atoms with Gasteiger partial charge < -0.3 is 19.7 Å². The van der Waals surface area contributed by atoms with Gasteiger partial charge in [0.15, 0.2) is 5.90 Å². The van der Waals surface area contributed by atoms with Crippen molar-refractivity contribution >= 4 is 39.9 Å². The number of rotatable bonds is 10. The molecule has 1 unspecified atom stereocenters. The number of aromatic nitrogens is 3. The highest BCUT2D eigenvalue weighted by Gasteiger charge is 2.19. The molecule has 3 heterocycles. The van der Waals surface area contributed by atoms with Crippen molar-refractivity contribution in [1.82, 2.24) is 19.9 Å². The maximum atomic E-state index is 6.50. The summed E-state index contributed by atoms with van der Waals surface area (Å²) in [4.78, 5) is 20.1. The van der Waals surface area contributed by atoms with Gasteiger partial charge in [-0.2, -0.15) is 0 Å². The molecule has 0 bridgehead atoms. The molecule has 2 aromatic heterocycles. The lowest BCUT2D eigenvalue weighted by Gasteiger charge is -2.12. The number of nitrogens with zero attached hydrogens (tertiary/aromatic N) is 5. The zero-order chi connectivity index (χ0) is 25.6. The summed E-state index contributed by atoms with van der Waals surface area (Å²) in [6, 6.07) is 17.6. The van der Waals surface area contributed by atoms with Gasteiger partial charge in [0.05, 0.1) is 22.3 Å². The Morgan fingerprint density at radius 1 is 1.08 bits per heavy atom. The largest absolute Gasteiger partial charge is 0.486 e. The van der Waals surface area contributed by atoms with Gasteiger partial charge in [-0.05, 0) is 75.1 Å². The molecule has 37 heavy (non-hydrogen) atoms. The Morgan fingerprint density at radius 3 is 2.81 bits per heavy atom. The third kappa shape index (κ3) is 6.53. The number of anilines is 2. The van der Waals surface area contributed by atoms with Crippen LogP contribution in [0.15, 0.2) is 72.1 Å². The van der Waals surface area contributed by atoms with Crippen LogP contribution in [0.3, 0.4) is 0 Å². The summed E-state index contributed by atoms with van der Waals surface area (Å²) in [7, 11) is 4.14. The van der Waals surface area contributed by atoms with Crippen LogP contribution in [0, 0.1) is 0 Å². The second-order valence-electron chi connectivity index (χ2n) is 9.21. The molecule has 0 saturated carbocycles. The van der Waals surface area contributed by atoms with Gasteiger partial charge in [-0.15, -0.1) is 0 Å². The standard InChI is InChI=1S/C28H29ClN6O2/c1-35(2)12-10-22-17-37-27(33-22)14-19-6-8-25-23(13-19)28(32-18-31-25)34-20-7-9-26(24(29)15-20)36-16-21-5-3-4-11-30-21/h3-9,11,13,15,18,22H,10,12,14,16-17H2,1-2H3,(H,31,32,34). The van der Waals surface area contributed by atoms with Crippen molar-refractivity contribution in [3.63, 3.8) is 0 Å². The second kappa shape index (κ2) is 11.5. The van der Waals surface area contributed by atoms with E-state index < -0.39 is 0 Å². The Kier molecular flexibility index (Phi) is 7.77. The highest BCUT2D eigenvalue weighted by molar-refractivity contribution is 6.32. The van der Waals surface area contributed by atoms with Crippen molar-refractivity contribution in [2.45, 2.75) is 25.5 Å². The number of hydrogen-bond acceptors (Lipinski definition) is 8. The minimum absolute atomic E-state index is 0.221. The van der Waals surface area contributed by atoms with Gasteiger partial charge in [-0.1, -0.05) is 23.7 Å². The van der Waals surface area contributed by atoms with Crippen LogP contribution in [-0.4, -0.2) is 59.0 Å². The number of hydrogen-bond donors (Lipinski definition) is 1. The van der Waals surface area contributed by atoms with Crippen LogP contribution in [0.1, 0.15) is 17.7 Å². The predicted octanol–water partition coefficient (Wildman–Crippen LogP) is 5.29. The molecular formula is C28H29ClN6O2. The van der Waals surface area contributed by atoms with E-state index in [0.29, 0.717) is 36.2 Å². The van der Waals surface area contributed by atoms with Crippen molar-refractivity contribution in [2.24, 2.45) is 4.99 Å². The van der Waals surface area contributed by atoms with E-state index in [2.05, 4.69) is 51.4 Å². The molecule has 190 valence electrons. The van der Waals surface area contributed by atoms with E-state index in [1.807, 2.05) is 42.5 Å². The van der Waals surface area contributed by atoms with E-state index in [1.54, 1.807) is 12.5 Å². The van der Waals surface area contributed by atoms with E-state index in [4.69, 9.17) is 26.1 Å². The summed E-state index contributed by atoms with van der Waals surface area (Å²) < 4.78 is 11.7. The van der Waals surface area contributed by atoms with Gasteiger partial charge in [0.2, 0.25) is 0 Å². The topological polar surface area (TPSA) is 84.8 Å². The van der Waals surface area contributed by atoms with Gasteiger partial charge in [-0.25, -0.2) is 15.0 Å². The number of aliphatic imine (C=N–C) groups is 1. The molecule has 1 aliphatic rings. The molecule has 0 saturated heterocycles. The lowest BCUT2D eigenvalue weighted by atomic mass is 10.1. The molecule has 4 aromatic rings. The highest BCUT2D eigenvalue weighted by atomic mass is 35.5. The first-order valence-electron chi connectivity index (χ1n) is 12.2. The third-order valence-electron chi connectivity index (χ3n) is 6.03. The number of halogens is 1. The molecule has 0 spiro atoms. The summed E-state index contributed by atoms with van der Waals surface area (Å²) in [6.45, 7) is 1.99. The molecule has 0 radical (unpaired) electrons. The second-order valence-corrected chi connectivity index (χ2v) is 9.62. The fourth-order valence-corrected chi connectivity index (χ4v) is 4.31. The first kappa shape index (κ1) is 24.9. The van der Waals surface area contributed by atoms with Crippen LogP contribution in [0.5, 0.6) is 5.75 Å². The van der Waals surface area contributed by atoms with Crippen LogP contribution < -0.4 is 10.1 Å². The maximum absolute atomic E-state index is 6.50. The van der Waals surface area contributed by atoms with Crippen molar-refractivity contribution in [2.75, 3.05) is 32.6 Å². The monoisotopic (exact) mass is 516 g/mol. The number of fused-ring (bicyclic) bond motifs is 1. The van der Waals surface area contributed by atoms with Crippen molar-refractivity contribution in [3.8, 4) is 5.75 Å². The van der Waals surface area contributed by atoms with Crippen LogP contribution in [0.4, 0.5) is 11.5 Å². The number of pyridine rings is 1. The fourth-order valence-electron chi connectivity index (χ4n) is 4.08. The Morgan fingerprint density at radius 2 is 2.00 bits per heavy atom. The summed E-state index contributed by atoms with van der Waals surface area (Å²) in [6.07, 6.45) is 4.92. The molecule has 1 atom stereocenters. The highest BCUT2D eigenvalue weighted by Crippen LogP contribution is 2.31. The molecule has 0 fully saturated rings. The SMILES string of the molecule is CN(C)CCC1COC(Cc2ccc3ncnc(Nc4ccc(OCc5ccccn5)c(Cl)c4)c3c2)=N1. The molecule has 8 nitrogen and oxygen atoms in total. The van der Waals surface area contributed by atoms with Gasteiger partial charge in [-0.3, -0.25) is 4.98 Å². The Hall–Kier alpha value is -3.75. The van der Waals surface area contributed by atoms with Gasteiger partial charge in [0.25, 0.3) is 0 Å². The zero-order valence-corrected chi connectivity index (χ0v) is 21.7. The Labute approximate surface area is 221 Å². The maximum Gasteiger partial charge on any atom is 0.188 e. The lowest BCUT2D eigenvalue weighted by Crippen LogP contribution is -2.19. The first-order chi connectivity index (χ1) is 18.0. The number of benzene rings is 2. The van der Waals surface area contributed by atoms with Gasteiger partial charge in [0.1, 0.15) is 31.1 Å². The molecule has 1 aliphatic heterocycles. The Bertz CT molecular complexity index is 1400. The van der Waals surface area contributed by atoms with Gasteiger partial charge in [0, 0.05) is 23.7 Å². The smallest absolute Gasteiger partial charge is 0.188 e. The van der Waals surface area contributed by atoms with Crippen LogP contribution in [0.2, 0.25) is 5.02 Å². The van der Waals surface area contributed by atoms with Gasteiger partial charge >= 0.3 is 0 Å². The average Bonchev–Trinajstić information content (AvgIpc) is 3.35. The Balaban J connectivity index is 1.29. The van der Waals surface area contributed by atoms with Crippen molar-refractivity contribution < 1.29 is 9.47 Å². The minimum Gasteiger partial charge on any atom is -0.486 e. The molecule has 9 heteroatoms. The summed E-state index contributed by atoms with van der Waals surface area (Å²) in [5.41, 5.74) is 3.57. The normalized spacial score (nSPS) is 15.0. The fraction of sp³-hybridized carbons (Fsp3) is 0.286. The van der Waals surface area contributed by atoms with E-state index in [-0.39, 0.29) is 6.04 Å². The lowest BCUT2D eigenvalue weighted by molar-refractivity contribution is 0.291. The first-order valence-corrected chi connectivity index (χ1v) is 12.6. The number of ether oxygens (including phenoxy) is 2. The predicted molar refractivity (Wildman–Crippen MR) is 147 cm³/mol. The molecular weight excluding hydrogens is 488 g/mol. The summed E-state index contributed by atoms with van der Waals surface area (Å²) in [5, 5.41) is 4.79. The van der Waals surface area contributed by atoms with E-state index in [1.165, 1.54) is 0 Å².